The molecule has 0 aromatic heterocycles. The van der Waals surface area contributed by atoms with Crippen LogP contribution in [0.25, 0.3) is 0 Å². The molecule has 1 atom stereocenters. The minimum atomic E-state index is 0. The van der Waals surface area contributed by atoms with Crippen LogP contribution in [-0.4, -0.2) is 0 Å². The van der Waals surface area contributed by atoms with Crippen LogP contribution in [0.2, 0.25) is 0 Å². The van der Waals surface area contributed by atoms with Crippen molar-refractivity contribution in [1.29, 1.82) is 0 Å². The van der Waals surface area contributed by atoms with Gasteiger partial charge in [0.2, 0.25) is 0 Å². The molecule has 1 aliphatic rings. The first kappa shape index (κ1) is 7.85. The quantitative estimate of drug-likeness (QED) is 0.593. The predicted octanol–water partition coefficient (Wildman–Crippen LogP) is 3.45. The maximum Gasteiger partial charge on any atom is 0 e. The molecule has 0 heteroatoms. The molecule has 0 saturated heterocycles. The molecule has 1 aromatic rings. The summed E-state index contributed by atoms with van der Waals surface area (Å²) in [6, 6.07) is 8.89. The molecule has 0 nitrogen and oxygen atoms in total. The topological polar surface area (TPSA) is 0 Å². The van der Waals surface area contributed by atoms with Gasteiger partial charge in [0.05, 0.1) is 0 Å². The molecule has 0 saturated carbocycles. The summed E-state index contributed by atoms with van der Waals surface area (Å²) in [6.07, 6.45) is 5.35. The largest absolute Gasteiger partial charge is 0.0651 e. The molecule has 0 radical (unpaired) electrons. The lowest BCUT2D eigenvalue weighted by molar-refractivity contribution is 0.445. The van der Waals surface area contributed by atoms with E-state index in [-0.39, 0.29) is 1.43 Å². The highest BCUT2D eigenvalue weighted by atomic mass is 14.2. The zero-order valence-corrected chi connectivity index (χ0v) is 7.72. The van der Waals surface area contributed by atoms with Gasteiger partial charge in [0.1, 0.15) is 0 Å². The average Bonchev–Trinajstić information content (AvgIpc) is 2.17. The third-order valence-electron chi connectivity index (χ3n) is 3.03. The van der Waals surface area contributed by atoms with Crippen LogP contribution in [0.3, 0.4) is 0 Å². The Kier molecular flexibility index (Phi) is 2.16. The van der Waals surface area contributed by atoms with Gasteiger partial charge < -0.3 is 0 Å². The Balaban J connectivity index is 0.000000845. The van der Waals surface area contributed by atoms with E-state index in [1.165, 1.54) is 25.7 Å². The minimum Gasteiger partial charge on any atom is -0.0651 e. The summed E-state index contributed by atoms with van der Waals surface area (Å²) in [5, 5.41) is 0. The highest BCUT2D eigenvalue weighted by Gasteiger charge is 2.15. The zero-order chi connectivity index (χ0) is 8.39. The number of aryl methyl sites for hydroxylation is 1. The van der Waals surface area contributed by atoms with E-state index in [4.69, 9.17) is 0 Å². The van der Waals surface area contributed by atoms with Gasteiger partial charge in [0.25, 0.3) is 0 Å². The molecule has 1 aromatic carbocycles. The van der Waals surface area contributed by atoms with Gasteiger partial charge in [-0.25, -0.2) is 0 Å². The molecular weight excluding hydrogens is 144 g/mol. The summed E-state index contributed by atoms with van der Waals surface area (Å²) in [4.78, 5) is 0. The molecule has 2 rings (SSSR count). The van der Waals surface area contributed by atoms with Crippen LogP contribution >= 0.6 is 0 Å². The van der Waals surface area contributed by atoms with Crippen molar-refractivity contribution in [1.82, 2.24) is 0 Å². The molecule has 0 fully saturated rings. The van der Waals surface area contributed by atoms with Crippen LogP contribution in [0, 0.1) is 5.92 Å². The molecule has 1 unspecified atom stereocenters. The summed E-state index contributed by atoms with van der Waals surface area (Å²) in [5.41, 5.74) is 3.18. The fourth-order valence-electron chi connectivity index (χ4n) is 2.12. The molecule has 0 aliphatic heterocycles. The Bertz CT molecular complexity index is 268. The van der Waals surface area contributed by atoms with Gasteiger partial charge in [-0.05, 0) is 36.3 Å². The smallest absolute Gasteiger partial charge is 0 e. The lowest BCUT2D eigenvalue weighted by Gasteiger charge is -2.23. The third-order valence-corrected chi connectivity index (χ3v) is 3.03. The second kappa shape index (κ2) is 3.30. The first-order valence-electron chi connectivity index (χ1n) is 4.97. The van der Waals surface area contributed by atoms with Crippen LogP contribution in [0.1, 0.15) is 32.3 Å². The van der Waals surface area contributed by atoms with E-state index >= 15 is 0 Å². The van der Waals surface area contributed by atoms with Gasteiger partial charge in [-0.3, -0.25) is 0 Å². The van der Waals surface area contributed by atoms with Crippen molar-refractivity contribution in [2.24, 2.45) is 5.92 Å². The molecule has 1 aliphatic carbocycles. The van der Waals surface area contributed by atoms with E-state index in [1.807, 2.05) is 0 Å². The summed E-state index contributed by atoms with van der Waals surface area (Å²) in [7, 11) is 0. The molecule has 12 heavy (non-hydrogen) atoms. The van der Waals surface area contributed by atoms with Gasteiger partial charge in [-0.15, -0.1) is 0 Å². The second-order valence-corrected chi connectivity index (χ2v) is 3.79. The highest BCUT2D eigenvalue weighted by Crippen LogP contribution is 2.26. The highest BCUT2D eigenvalue weighted by molar-refractivity contribution is 5.29. The monoisotopic (exact) mass is 162 g/mol. The normalized spacial score (nSPS) is 21.9. The zero-order valence-electron chi connectivity index (χ0n) is 7.72. The number of hydrogen-bond donors (Lipinski definition) is 0. The molecule has 66 valence electrons. The minimum absolute atomic E-state index is 0. The number of hydrogen-bond acceptors (Lipinski definition) is 0. The Morgan fingerprint density at radius 3 is 2.83 bits per heavy atom. The van der Waals surface area contributed by atoms with E-state index in [2.05, 4.69) is 31.2 Å². The Hall–Kier alpha value is -0.780. The van der Waals surface area contributed by atoms with Gasteiger partial charge >= 0.3 is 0 Å². The first-order chi connectivity index (χ1) is 5.90. The number of rotatable bonds is 1. The molecular formula is C12H18. The lowest BCUT2D eigenvalue weighted by atomic mass is 9.83. The van der Waals surface area contributed by atoms with E-state index in [0.29, 0.717) is 0 Å². The van der Waals surface area contributed by atoms with Crippen molar-refractivity contribution in [3.63, 3.8) is 0 Å². The Morgan fingerprint density at radius 1 is 1.33 bits per heavy atom. The summed E-state index contributed by atoms with van der Waals surface area (Å²) >= 11 is 0. The van der Waals surface area contributed by atoms with Gasteiger partial charge in [-0.2, -0.15) is 0 Å². The Morgan fingerprint density at radius 2 is 2.08 bits per heavy atom. The van der Waals surface area contributed by atoms with Crippen LogP contribution in [0.4, 0.5) is 0 Å². The standard InChI is InChI=1S/C12H16.H2/c1-2-10-7-8-11-5-3-4-6-12(11)9-10;/h3-6,10H,2,7-9H2,1H3;1H. The van der Waals surface area contributed by atoms with Crippen LogP contribution in [0.15, 0.2) is 24.3 Å². The maximum absolute atomic E-state index is 2.30. The molecule has 0 spiro atoms. The van der Waals surface area contributed by atoms with E-state index in [1.54, 1.807) is 11.1 Å². The van der Waals surface area contributed by atoms with E-state index in [0.717, 1.165) is 5.92 Å². The molecule has 0 bridgehead atoms. The van der Waals surface area contributed by atoms with Gasteiger partial charge in [-0.1, -0.05) is 37.6 Å². The third kappa shape index (κ3) is 1.38. The van der Waals surface area contributed by atoms with Crippen LogP contribution in [0.5, 0.6) is 0 Å². The summed E-state index contributed by atoms with van der Waals surface area (Å²) in [6.45, 7) is 2.30. The van der Waals surface area contributed by atoms with Crippen molar-refractivity contribution in [2.75, 3.05) is 0 Å². The van der Waals surface area contributed by atoms with Gasteiger partial charge in [0.15, 0.2) is 0 Å². The average molecular weight is 162 g/mol. The van der Waals surface area contributed by atoms with Crippen molar-refractivity contribution in [3.05, 3.63) is 35.4 Å². The van der Waals surface area contributed by atoms with Gasteiger partial charge in [0, 0.05) is 1.43 Å². The lowest BCUT2D eigenvalue weighted by Crippen LogP contribution is -2.12. The van der Waals surface area contributed by atoms with Crippen molar-refractivity contribution < 1.29 is 1.43 Å². The van der Waals surface area contributed by atoms with Crippen molar-refractivity contribution in [3.8, 4) is 0 Å². The van der Waals surface area contributed by atoms with Crippen LogP contribution in [-0.2, 0) is 12.8 Å². The molecule has 0 heterocycles. The van der Waals surface area contributed by atoms with E-state index in [9.17, 15) is 0 Å². The fraction of sp³-hybridized carbons (Fsp3) is 0.500. The fourth-order valence-corrected chi connectivity index (χ4v) is 2.12. The van der Waals surface area contributed by atoms with Crippen molar-refractivity contribution in [2.45, 2.75) is 32.6 Å². The maximum atomic E-state index is 2.30. The molecule has 0 amide bonds. The summed E-state index contributed by atoms with van der Waals surface area (Å²) in [5.74, 6) is 0.944. The van der Waals surface area contributed by atoms with Crippen LogP contribution < -0.4 is 0 Å². The SMILES string of the molecule is CCC1CCc2ccccc2C1.[HH]. The number of fused-ring (bicyclic) bond motifs is 1. The number of benzene rings is 1. The second-order valence-electron chi connectivity index (χ2n) is 3.79. The molecule has 0 N–H and O–H groups in total. The van der Waals surface area contributed by atoms with E-state index < -0.39 is 0 Å². The first-order valence-corrected chi connectivity index (χ1v) is 4.97. The van der Waals surface area contributed by atoms with Crippen molar-refractivity contribution >= 4 is 0 Å². The Labute approximate surface area is 76.1 Å². The summed E-state index contributed by atoms with van der Waals surface area (Å²) < 4.78 is 0. The predicted molar refractivity (Wildman–Crippen MR) is 54.4 cm³/mol.